The normalized spacial score (nSPS) is 14.3. The molecule has 0 bridgehead atoms. The highest BCUT2D eigenvalue weighted by Crippen LogP contribution is 2.33. The summed E-state index contributed by atoms with van der Waals surface area (Å²) in [4.78, 5) is 91.3. The number of nitrogens with zero attached hydrogens (tertiary/aromatic N) is 1. The monoisotopic (exact) mass is 985 g/mol. The zero-order valence-corrected chi connectivity index (χ0v) is 40.5. The van der Waals surface area contributed by atoms with Gasteiger partial charge in [0, 0.05) is 48.4 Å². The van der Waals surface area contributed by atoms with Crippen LogP contribution < -0.4 is 21.3 Å². The average molecular weight is 987 g/mol. The van der Waals surface area contributed by atoms with Gasteiger partial charge in [0.2, 0.25) is 23.5 Å². The number of aryl methyl sites for hydroxylation is 3. The van der Waals surface area contributed by atoms with E-state index in [0.29, 0.717) is 61.9 Å². The number of piperidine rings is 1. The molecule has 4 rings (SSSR count). The number of carbonyl (C=O) groups is 7. The molecule has 2 atom stereocenters. The number of halogens is 4. The van der Waals surface area contributed by atoms with Crippen LogP contribution in [0.3, 0.4) is 0 Å². The van der Waals surface area contributed by atoms with E-state index >= 15 is 0 Å². The van der Waals surface area contributed by atoms with Crippen LogP contribution in [0.4, 0.5) is 24.5 Å². The Morgan fingerprint density at radius 3 is 2.20 bits per heavy atom. The van der Waals surface area contributed by atoms with Crippen LogP contribution in [0.5, 0.6) is 0 Å². The molecular formula is C50H63ClF3N5O10. The van der Waals surface area contributed by atoms with Crippen molar-refractivity contribution in [2.24, 2.45) is 5.41 Å². The summed E-state index contributed by atoms with van der Waals surface area (Å²) in [6, 6.07) is 14.7. The van der Waals surface area contributed by atoms with Gasteiger partial charge in [-0.05, 0) is 105 Å². The third kappa shape index (κ3) is 17.9. The number of carbonyl (C=O) groups excluding carboxylic acids is 7. The third-order valence-electron chi connectivity index (χ3n) is 11.8. The average Bonchev–Trinajstić information content (AvgIpc) is 3.32. The Labute approximate surface area is 405 Å². The number of alkyl halides is 4. The second kappa shape index (κ2) is 26.8. The largest absolute Gasteiger partial charge is 0.456 e. The second-order valence-electron chi connectivity index (χ2n) is 17.4. The molecule has 376 valence electrons. The lowest BCUT2D eigenvalue weighted by molar-refractivity contribution is -0.164. The molecule has 4 N–H and O–H groups in total. The zero-order valence-electron chi connectivity index (χ0n) is 39.8. The van der Waals surface area contributed by atoms with Crippen molar-refractivity contribution < 1.29 is 60.9 Å². The number of anilines is 2. The number of rotatable bonds is 25. The van der Waals surface area contributed by atoms with E-state index < -0.39 is 70.6 Å². The molecule has 0 aliphatic carbocycles. The van der Waals surface area contributed by atoms with Gasteiger partial charge in [-0.25, -0.2) is 4.79 Å². The van der Waals surface area contributed by atoms with E-state index in [1.807, 2.05) is 39.0 Å². The maximum absolute atomic E-state index is 14.0. The van der Waals surface area contributed by atoms with Crippen molar-refractivity contribution in [3.05, 3.63) is 94.0 Å². The Morgan fingerprint density at radius 2 is 1.51 bits per heavy atom. The lowest BCUT2D eigenvalue weighted by Crippen LogP contribution is -2.53. The summed E-state index contributed by atoms with van der Waals surface area (Å²) in [7, 11) is 0. The molecule has 19 heteroatoms. The van der Waals surface area contributed by atoms with Gasteiger partial charge in [-0.2, -0.15) is 13.2 Å². The molecule has 0 aromatic heterocycles. The third-order valence-corrected chi connectivity index (χ3v) is 12.0. The number of amides is 5. The van der Waals surface area contributed by atoms with Crippen LogP contribution in [-0.4, -0.2) is 104 Å². The quantitative estimate of drug-likeness (QED) is 0.0287. The van der Waals surface area contributed by atoms with Crippen LogP contribution in [0.25, 0.3) is 0 Å². The predicted octanol–water partition coefficient (Wildman–Crippen LogP) is 7.40. The van der Waals surface area contributed by atoms with Crippen LogP contribution in [0, 0.1) is 19.3 Å². The summed E-state index contributed by atoms with van der Waals surface area (Å²) in [6.45, 7) is 10.2. The van der Waals surface area contributed by atoms with Crippen LogP contribution in [-0.2, 0) is 55.6 Å². The van der Waals surface area contributed by atoms with Crippen LogP contribution >= 0.6 is 11.6 Å². The number of ether oxygens (including phenoxy) is 3. The molecule has 0 saturated carbocycles. The number of likely N-dealkylation sites (tertiary alicyclic amines) is 1. The topological polar surface area (TPSA) is 199 Å². The molecule has 1 aliphatic rings. The first kappa shape index (κ1) is 55.7. The van der Waals surface area contributed by atoms with E-state index in [1.54, 1.807) is 32.0 Å². The summed E-state index contributed by atoms with van der Waals surface area (Å²) < 4.78 is 57.4. The van der Waals surface area contributed by atoms with Crippen LogP contribution in [0.15, 0.2) is 60.7 Å². The van der Waals surface area contributed by atoms with Crippen molar-refractivity contribution in [1.29, 1.82) is 0 Å². The van der Waals surface area contributed by atoms with E-state index in [-0.39, 0.29) is 76.1 Å². The fraction of sp³-hybridized carbons (Fsp3) is 0.500. The molecule has 69 heavy (non-hydrogen) atoms. The van der Waals surface area contributed by atoms with E-state index in [0.717, 1.165) is 22.8 Å². The molecule has 1 aliphatic heterocycles. The van der Waals surface area contributed by atoms with Gasteiger partial charge in [0.05, 0.1) is 38.4 Å². The Kier molecular flexibility index (Phi) is 21.6. The Bertz CT molecular complexity index is 2290. The minimum Gasteiger partial charge on any atom is -0.456 e. The number of Topliss-reactive ketones (excluding diaryl/α,β-unsaturated/α-hetero) is 1. The Hall–Kier alpha value is -5.85. The SMILES string of the molecule is CCC(C)(C)C(=O)C(=O)N1CCCC[C@H]1C(=O)O[C@H](CCc1ccc(C)c(C)c1)c1cccc(NC(=O)CCOCCOCCNC(=O)CCNC(=O)c2cc(NC(=O)CCl)cc(C(F)(F)F)c2)c1. The molecule has 0 radical (unpaired) electrons. The maximum Gasteiger partial charge on any atom is 0.416 e. The highest BCUT2D eigenvalue weighted by Gasteiger charge is 2.41. The molecule has 1 heterocycles. The predicted molar refractivity (Wildman–Crippen MR) is 254 cm³/mol. The van der Waals surface area contributed by atoms with Gasteiger partial charge in [-0.1, -0.05) is 51.1 Å². The minimum absolute atomic E-state index is 0.0284. The van der Waals surface area contributed by atoms with Gasteiger partial charge in [-0.15, -0.1) is 11.6 Å². The lowest BCUT2D eigenvalue weighted by atomic mass is 9.84. The molecule has 3 aromatic rings. The maximum atomic E-state index is 14.0. The first-order valence-corrected chi connectivity index (χ1v) is 23.6. The first-order chi connectivity index (χ1) is 32.7. The van der Waals surface area contributed by atoms with Gasteiger partial charge in [-0.3, -0.25) is 28.8 Å². The van der Waals surface area contributed by atoms with Crippen molar-refractivity contribution in [2.75, 3.05) is 62.6 Å². The smallest absolute Gasteiger partial charge is 0.416 e. The summed E-state index contributed by atoms with van der Waals surface area (Å²) in [5.41, 5.74) is 1.86. The summed E-state index contributed by atoms with van der Waals surface area (Å²) in [6.07, 6.45) is -2.40. The van der Waals surface area contributed by atoms with E-state index in [1.165, 1.54) is 4.90 Å². The molecule has 1 saturated heterocycles. The standard InChI is InChI=1S/C50H63ClF3N5O10/c1-6-49(4,5)45(63)47(65)59-21-8-7-12-40(59)48(66)69-41(16-15-34-14-13-32(2)33(3)26-34)35-10-9-11-38(28-35)57-43(61)18-22-67-24-25-68-23-20-55-42(60)17-19-56-46(64)36-27-37(50(52,53)54)30-39(29-36)58-44(62)31-51/h9-11,13-14,26-30,40-41H,6-8,12,15-25,31H2,1-5H3,(H,55,60)(H,56,64)(H,57,61)(H,58,62)/t40-,41+/m0/s1. The summed E-state index contributed by atoms with van der Waals surface area (Å²) in [5, 5.41) is 10.0. The fourth-order valence-electron chi connectivity index (χ4n) is 7.23. The first-order valence-electron chi connectivity index (χ1n) is 23.0. The molecule has 0 unspecified atom stereocenters. The molecule has 0 spiro atoms. The molecule has 1 fully saturated rings. The number of hydrogen-bond acceptors (Lipinski definition) is 10. The van der Waals surface area contributed by atoms with Gasteiger partial charge in [0.15, 0.2) is 0 Å². The molecular weight excluding hydrogens is 923 g/mol. The Morgan fingerprint density at radius 1 is 0.783 bits per heavy atom. The van der Waals surface area contributed by atoms with Crippen molar-refractivity contribution in [2.45, 2.75) is 104 Å². The minimum atomic E-state index is -4.78. The number of esters is 1. The van der Waals surface area contributed by atoms with Crippen molar-refractivity contribution in [1.82, 2.24) is 15.5 Å². The molecule has 3 aromatic carbocycles. The van der Waals surface area contributed by atoms with Crippen molar-refractivity contribution in [3.8, 4) is 0 Å². The summed E-state index contributed by atoms with van der Waals surface area (Å²) in [5.74, 6) is -4.66. The van der Waals surface area contributed by atoms with Gasteiger partial charge < -0.3 is 40.4 Å². The molecule has 15 nitrogen and oxygen atoms in total. The van der Waals surface area contributed by atoms with Gasteiger partial charge >= 0.3 is 12.1 Å². The van der Waals surface area contributed by atoms with Crippen LogP contribution in [0.1, 0.15) is 110 Å². The number of hydrogen-bond donors (Lipinski definition) is 4. The highest BCUT2D eigenvalue weighted by molar-refractivity contribution is 6.38. The van der Waals surface area contributed by atoms with Crippen LogP contribution in [0.2, 0.25) is 0 Å². The fourth-order valence-corrected chi connectivity index (χ4v) is 7.29. The van der Waals surface area contributed by atoms with Gasteiger partial charge in [0.1, 0.15) is 18.0 Å². The lowest BCUT2D eigenvalue weighted by Gasteiger charge is -2.36. The number of benzene rings is 3. The van der Waals surface area contributed by atoms with E-state index in [2.05, 4.69) is 27.3 Å². The van der Waals surface area contributed by atoms with Crippen molar-refractivity contribution in [3.63, 3.8) is 0 Å². The van der Waals surface area contributed by atoms with E-state index in [9.17, 15) is 46.7 Å². The zero-order chi connectivity index (χ0) is 50.7. The number of nitrogens with one attached hydrogen (secondary N) is 4. The van der Waals surface area contributed by atoms with Crippen molar-refractivity contribution >= 4 is 64.3 Å². The highest BCUT2D eigenvalue weighted by atomic mass is 35.5. The van der Waals surface area contributed by atoms with E-state index in [4.69, 9.17) is 25.8 Å². The number of ketones is 1. The Balaban J connectivity index is 1.20. The van der Waals surface area contributed by atoms with Gasteiger partial charge in [0.25, 0.3) is 11.8 Å². The second-order valence-corrected chi connectivity index (χ2v) is 17.7. The molecule has 5 amide bonds. The summed E-state index contributed by atoms with van der Waals surface area (Å²) >= 11 is 5.42.